The van der Waals surface area contributed by atoms with E-state index in [0.29, 0.717) is 24.2 Å². The third-order valence-electron chi connectivity index (χ3n) is 3.78. The lowest BCUT2D eigenvalue weighted by atomic mass is 10.0. The van der Waals surface area contributed by atoms with Gasteiger partial charge in [-0.1, -0.05) is 6.07 Å². The van der Waals surface area contributed by atoms with E-state index in [1.807, 2.05) is 23.1 Å². The van der Waals surface area contributed by atoms with Crippen LogP contribution in [0.4, 0.5) is 11.4 Å². The zero-order chi connectivity index (χ0) is 17.1. The van der Waals surface area contributed by atoms with Crippen molar-refractivity contribution in [3.8, 4) is 0 Å². The van der Waals surface area contributed by atoms with Crippen molar-refractivity contribution in [3.05, 3.63) is 69.5 Å². The molecule has 0 bridgehead atoms. The molecular weight excluding hydrogens is 310 g/mol. The second kappa shape index (κ2) is 6.49. The Bertz CT molecular complexity index is 818. The average molecular weight is 325 g/mol. The number of esters is 1. The van der Waals surface area contributed by atoms with Crippen LogP contribution < -0.4 is 4.90 Å². The SMILES string of the molecule is COC(=O)C1=Cc2cc([N+](=O)[O-])ccc2N(Cc2ccccn2)C1. The molecule has 0 amide bonds. The predicted octanol–water partition coefficient (Wildman–Crippen LogP) is 2.57. The minimum Gasteiger partial charge on any atom is -0.466 e. The summed E-state index contributed by atoms with van der Waals surface area (Å²) in [6, 6.07) is 10.2. The summed E-state index contributed by atoms with van der Waals surface area (Å²) < 4.78 is 4.80. The number of carbonyl (C=O) groups excluding carboxylic acids is 1. The molecule has 0 saturated heterocycles. The van der Waals surface area contributed by atoms with Gasteiger partial charge >= 0.3 is 5.97 Å². The fourth-order valence-electron chi connectivity index (χ4n) is 2.67. The zero-order valence-corrected chi connectivity index (χ0v) is 13.0. The second-order valence-electron chi connectivity index (χ2n) is 5.34. The van der Waals surface area contributed by atoms with Crippen LogP contribution >= 0.6 is 0 Å². The standard InChI is InChI=1S/C17H15N3O4/c1-24-17(21)13-8-12-9-15(20(22)23)5-6-16(12)19(10-13)11-14-4-2-3-7-18-14/h2-9H,10-11H2,1H3. The van der Waals surface area contributed by atoms with Crippen LogP contribution in [0.1, 0.15) is 11.3 Å². The highest BCUT2D eigenvalue weighted by molar-refractivity contribution is 5.97. The fraction of sp³-hybridized carbons (Fsp3) is 0.176. The number of aromatic nitrogens is 1. The molecule has 24 heavy (non-hydrogen) atoms. The molecule has 1 aliphatic rings. The molecule has 7 nitrogen and oxygen atoms in total. The summed E-state index contributed by atoms with van der Waals surface area (Å²) in [5.74, 6) is -0.446. The Kier molecular flexibility index (Phi) is 4.24. The van der Waals surface area contributed by atoms with Crippen molar-refractivity contribution in [2.24, 2.45) is 0 Å². The van der Waals surface area contributed by atoms with Crippen molar-refractivity contribution in [1.29, 1.82) is 0 Å². The number of pyridine rings is 1. The lowest BCUT2D eigenvalue weighted by Gasteiger charge is -2.30. The molecular formula is C17H15N3O4. The first-order valence-corrected chi connectivity index (χ1v) is 7.30. The van der Waals surface area contributed by atoms with Gasteiger partial charge in [-0.25, -0.2) is 4.79 Å². The highest BCUT2D eigenvalue weighted by Gasteiger charge is 2.24. The summed E-state index contributed by atoms with van der Waals surface area (Å²) >= 11 is 0. The van der Waals surface area contributed by atoms with Gasteiger partial charge in [-0.15, -0.1) is 0 Å². The quantitative estimate of drug-likeness (QED) is 0.488. The molecule has 122 valence electrons. The van der Waals surface area contributed by atoms with Gasteiger partial charge in [-0.2, -0.15) is 0 Å². The van der Waals surface area contributed by atoms with E-state index in [2.05, 4.69) is 4.98 Å². The lowest BCUT2D eigenvalue weighted by molar-refractivity contribution is -0.384. The predicted molar refractivity (Wildman–Crippen MR) is 88.4 cm³/mol. The molecule has 0 aliphatic carbocycles. The maximum Gasteiger partial charge on any atom is 0.335 e. The lowest BCUT2D eigenvalue weighted by Crippen LogP contribution is -2.31. The van der Waals surface area contributed by atoms with Crippen molar-refractivity contribution in [1.82, 2.24) is 4.98 Å². The molecule has 2 heterocycles. The Hall–Kier alpha value is -3.22. The number of nitro benzene ring substituents is 1. The number of methoxy groups -OCH3 is 1. The first kappa shape index (κ1) is 15.7. The summed E-state index contributed by atoms with van der Waals surface area (Å²) in [5.41, 5.74) is 2.70. The maximum atomic E-state index is 11.9. The largest absolute Gasteiger partial charge is 0.466 e. The highest BCUT2D eigenvalue weighted by atomic mass is 16.6. The molecule has 0 atom stereocenters. The van der Waals surface area contributed by atoms with Gasteiger partial charge in [0.15, 0.2) is 0 Å². The number of nitrogens with zero attached hydrogens (tertiary/aromatic N) is 3. The number of non-ortho nitro benzene ring substituents is 1. The van der Waals surface area contributed by atoms with Gasteiger partial charge in [0.05, 0.1) is 36.4 Å². The van der Waals surface area contributed by atoms with Crippen LogP contribution in [0.2, 0.25) is 0 Å². The summed E-state index contributed by atoms with van der Waals surface area (Å²) in [5, 5.41) is 11.0. The summed E-state index contributed by atoms with van der Waals surface area (Å²) in [7, 11) is 1.31. The first-order chi connectivity index (χ1) is 11.6. The minimum atomic E-state index is -0.455. The number of ether oxygens (including phenoxy) is 1. The number of nitro groups is 1. The molecule has 0 N–H and O–H groups in total. The molecule has 7 heteroatoms. The number of hydrogen-bond donors (Lipinski definition) is 0. The number of carbonyl (C=O) groups is 1. The van der Waals surface area contributed by atoms with Crippen LogP contribution in [0.15, 0.2) is 48.2 Å². The molecule has 1 aromatic heterocycles. The van der Waals surface area contributed by atoms with Crippen LogP contribution in [-0.4, -0.2) is 29.5 Å². The molecule has 0 unspecified atom stereocenters. The smallest absolute Gasteiger partial charge is 0.335 e. The van der Waals surface area contributed by atoms with E-state index in [4.69, 9.17) is 4.74 Å². The number of fused-ring (bicyclic) bond motifs is 1. The fourth-order valence-corrected chi connectivity index (χ4v) is 2.67. The topological polar surface area (TPSA) is 85.6 Å². The van der Waals surface area contributed by atoms with Crippen molar-refractivity contribution in [2.45, 2.75) is 6.54 Å². The number of hydrogen-bond acceptors (Lipinski definition) is 6. The van der Waals surface area contributed by atoms with E-state index in [1.54, 1.807) is 18.3 Å². The summed E-state index contributed by atoms with van der Waals surface area (Å²) in [6.45, 7) is 0.841. The molecule has 1 aliphatic heterocycles. The van der Waals surface area contributed by atoms with Crippen molar-refractivity contribution < 1.29 is 14.5 Å². The van der Waals surface area contributed by atoms with Crippen molar-refractivity contribution in [2.75, 3.05) is 18.6 Å². The van der Waals surface area contributed by atoms with E-state index in [0.717, 1.165) is 11.4 Å². The molecule has 0 radical (unpaired) electrons. The van der Waals surface area contributed by atoms with Gasteiger partial charge in [0.1, 0.15) is 0 Å². The van der Waals surface area contributed by atoms with Crippen molar-refractivity contribution >= 4 is 23.4 Å². The Morgan fingerprint density at radius 2 is 2.21 bits per heavy atom. The van der Waals surface area contributed by atoms with Crippen LogP contribution in [-0.2, 0) is 16.1 Å². The Labute approximate surface area is 138 Å². The van der Waals surface area contributed by atoms with Crippen LogP contribution in [0.5, 0.6) is 0 Å². The normalized spacial score (nSPS) is 13.0. The highest BCUT2D eigenvalue weighted by Crippen LogP contribution is 2.33. The van der Waals surface area contributed by atoms with Gasteiger partial charge < -0.3 is 9.64 Å². The second-order valence-corrected chi connectivity index (χ2v) is 5.34. The van der Waals surface area contributed by atoms with Crippen LogP contribution in [0, 0.1) is 10.1 Å². The van der Waals surface area contributed by atoms with Gasteiger partial charge in [0.25, 0.3) is 5.69 Å². The number of benzene rings is 1. The first-order valence-electron chi connectivity index (χ1n) is 7.30. The molecule has 0 spiro atoms. The van der Waals surface area contributed by atoms with Gasteiger partial charge in [0.2, 0.25) is 0 Å². The number of rotatable bonds is 4. The molecule has 2 aromatic rings. The van der Waals surface area contributed by atoms with Gasteiger partial charge in [-0.3, -0.25) is 15.1 Å². The zero-order valence-electron chi connectivity index (χ0n) is 13.0. The summed E-state index contributed by atoms with van der Waals surface area (Å²) in [4.78, 5) is 28.7. The maximum absolute atomic E-state index is 11.9. The Morgan fingerprint density at radius 3 is 2.88 bits per heavy atom. The van der Waals surface area contributed by atoms with E-state index >= 15 is 0 Å². The molecule has 0 fully saturated rings. The molecule has 0 saturated carbocycles. The summed E-state index contributed by atoms with van der Waals surface area (Å²) in [6.07, 6.45) is 3.34. The van der Waals surface area contributed by atoms with Gasteiger partial charge in [-0.05, 0) is 24.3 Å². The number of anilines is 1. The molecule has 1 aromatic carbocycles. The Morgan fingerprint density at radius 1 is 1.38 bits per heavy atom. The molecule has 3 rings (SSSR count). The Balaban J connectivity index is 2.01. The van der Waals surface area contributed by atoms with E-state index in [1.165, 1.54) is 19.2 Å². The minimum absolute atomic E-state index is 0.0195. The van der Waals surface area contributed by atoms with E-state index < -0.39 is 10.9 Å². The third kappa shape index (κ3) is 3.10. The average Bonchev–Trinajstić information content (AvgIpc) is 2.61. The van der Waals surface area contributed by atoms with E-state index in [-0.39, 0.29) is 5.69 Å². The van der Waals surface area contributed by atoms with Crippen LogP contribution in [0.3, 0.4) is 0 Å². The van der Waals surface area contributed by atoms with E-state index in [9.17, 15) is 14.9 Å². The third-order valence-corrected chi connectivity index (χ3v) is 3.78. The van der Waals surface area contributed by atoms with Crippen LogP contribution in [0.25, 0.3) is 6.08 Å². The monoisotopic (exact) mass is 325 g/mol. The van der Waals surface area contributed by atoms with Crippen molar-refractivity contribution in [3.63, 3.8) is 0 Å². The van der Waals surface area contributed by atoms with Gasteiger partial charge in [0, 0.05) is 29.6 Å².